The van der Waals surface area contributed by atoms with E-state index < -0.39 is 0 Å². The van der Waals surface area contributed by atoms with Crippen molar-refractivity contribution < 1.29 is 9.59 Å². The van der Waals surface area contributed by atoms with Crippen molar-refractivity contribution in [2.24, 2.45) is 0 Å². The average molecular weight is 491 g/mol. The smallest absolute Gasteiger partial charge is 0.255 e. The Morgan fingerprint density at radius 2 is 0.865 bits per heavy atom. The summed E-state index contributed by atoms with van der Waals surface area (Å²) in [5.74, 6) is -0.234. The zero-order valence-electron chi connectivity index (χ0n) is 22.4. The summed E-state index contributed by atoms with van der Waals surface area (Å²) >= 11 is 0. The van der Waals surface area contributed by atoms with Gasteiger partial charge in [-0.3, -0.25) is 9.59 Å². The maximum absolute atomic E-state index is 12.7. The molecule has 0 aromatic heterocycles. The third-order valence-corrected chi connectivity index (χ3v) is 7.27. The number of nitrogens with one attached hydrogen (secondary N) is 2. The van der Waals surface area contributed by atoms with E-state index in [0.29, 0.717) is 11.1 Å². The quantitative estimate of drug-likeness (QED) is 0.290. The Morgan fingerprint density at radius 3 is 1.19 bits per heavy atom. The molecule has 0 atom stereocenters. The number of carbonyl (C=O) groups is 2. The molecule has 4 aromatic carbocycles. The SMILES string of the molecule is Cc1ccc(C(=O)Nc2ccc(C(C)(C)c3ccc(NC(=O)c4ccc(C)c(C)c4)cc3)cc2)cc1C. The summed E-state index contributed by atoms with van der Waals surface area (Å²) in [6.45, 7) is 12.4. The van der Waals surface area contributed by atoms with Gasteiger partial charge in [-0.25, -0.2) is 0 Å². The second kappa shape index (κ2) is 10.4. The molecule has 4 nitrogen and oxygen atoms in total. The predicted molar refractivity (Wildman–Crippen MR) is 153 cm³/mol. The van der Waals surface area contributed by atoms with Crippen molar-refractivity contribution in [2.75, 3.05) is 10.6 Å². The summed E-state index contributed by atoms with van der Waals surface area (Å²) in [6.07, 6.45) is 0. The van der Waals surface area contributed by atoms with Crippen LogP contribution in [0.15, 0.2) is 84.9 Å². The lowest BCUT2D eigenvalue weighted by atomic mass is 9.78. The molecule has 0 heterocycles. The highest BCUT2D eigenvalue weighted by molar-refractivity contribution is 6.05. The third kappa shape index (κ3) is 5.80. The summed E-state index contributed by atoms with van der Waals surface area (Å²) in [7, 11) is 0. The van der Waals surface area contributed by atoms with E-state index in [1.165, 1.54) is 11.1 Å². The second-order valence-corrected chi connectivity index (χ2v) is 10.3. The Bertz CT molecular complexity index is 1340. The van der Waals surface area contributed by atoms with Crippen LogP contribution in [0.1, 0.15) is 67.9 Å². The fourth-order valence-electron chi connectivity index (χ4n) is 4.28. The molecule has 0 aliphatic rings. The fourth-order valence-corrected chi connectivity index (χ4v) is 4.28. The van der Waals surface area contributed by atoms with Crippen LogP contribution in [0.25, 0.3) is 0 Å². The van der Waals surface area contributed by atoms with Gasteiger partial charge in [0.1, 0.15) is 0 Å². The van der Waals surface area contributed by atoms with Gasteiger partial charge in [0.25, 0.3) is 11.8 Å². The normalized spacial score (nSPS) is 11.2. The standard InChI is InChI=1S/C33H34N2O2/c1-21-7-9-25(19-23(21)3)31(36)34-29-15-11-27(12-16-29)33(5,6)28-13-17-30(18-14-28)35-32(37)26-10-8-22(2)24(4)20-26/h7-20H,1-6H3,(H,34,36)(H,35,37). The van der Waals surface area contributed by atoms with Gasteiger partial charge < -0.3 is 10.6 Å². The van der Waals surface area contributed by atoms with Crippen LogP contribution < -0.4 is 10.6 Å². The first-order chi connectivity index (χ1) is 17.5. The number of rotatable bonds is 6. The van der Waals surface area contributed by atoms with Gasteiger partial charge in [0, 0.05) is 27.9 Å². The Morgan fingerprint density at radius 1 is 0.514 bits per heavy atom. The maximum atomic E-state index is 12.7. The molecule has 37 heavy (non-hydrogen) atoms. The van der Waals surface area contributed by atoms with Crippen molar-refractivity contribution in [3.05, 3.63) is 129 Å². The van der Waals surface area contributed by atoms with E-state index in [1.807, 2.05) is 113 Å². The van der Waals surface area contributed by atoms with E-state index in [0.717, 1.165) is 33.6 Å². The topological polar surface area (TPSA) is 58.2 Å². The van der Waals surface area contributed by atoms with Crippen molar-refractivity contribution in [3.8, 4) is 0 Å². The number of hydrogen-bond donors (Lipinski definition) is 2. The molecule has 0 saturated heterocycles. The van der Waals surface area contributed by atoms with Crippen LogP contribution in [0.5, 0.6) is 0 Å². The zero-order chi connectivity index (χ0) is 26.7. The van der Waals surface area contributed by atoms with Gasteiger partial charge in [-0.15, -0.1) is 0 Å². The number of carbonyl (C=O) groups excluding carboxylic acids is 2. The van der Waals surface area contributed by atoms with Gasteiger partial charge in [-0.2, -0.15) is 0 Å². The molecule has 4 aromatic rings. The van der Waals surface area contributed by atoms with Crippen LogP contribution in [0.4, 0.5) is 11.4 Å². The molecule has 0 aliphatic carbocycles. The molecule has 2 N–H and O–H groups in total. The molecule has 0 spiro atoms. The van der Waals surface area contributed by atoms with Crippen molar-refractivity contribution in [3.63, 3.8) is 0 Å². The minimum atomic E-state index is -0.257. The highest BCUT2D eigenvalue weighted by atomic mass is 16.2. The molecule has 0 fully saturated rings. The number of hydrogen-bond acceptors (Lipinski definition) is 2. The van der Waals surface area contributed by atoms with E-state index in [1.54, 1.807) is 0 Å². The minimum Gasteiger partial charge on any atom is -0.322 e. The minimum absolute atomic E-state index is 0.117. The van der Waals surface area contributed by atoms with Gasteiger partial charge in [0.2, 0.25) is 0 Å². The highest BCUT2D eigenvalue weighted by Gasteiger charge is 2.23. The van der Waals surface area contributed by atoms with Gasteiger partial charge >= 0.3 is 0 Å². The Labute approximate surface area is 219 Å². The average Bonchev–Trinajstić information content (AvgIpc) is 2.88. The van der Waals surface area contributed by atoms with E-state index in [4.69, 9.17) is 0 Å². The lowest BCUT2D eigenvalue weighted by molar-refractivity contribution is 0.101. The van der Waals surface area contributed by atoms with Gasteiger partial charge in [0.15, 0.2) is 0 Å². The lowest BCUT2D eigenvalue weighted by Gasteiger charge is -2.26. The van der Waals surface area contributed by atoms with E-state index in [9.17, 15) is 9.59 Å². The molecule has 0 radical (unpaired) electrons. The van der Waals surface area contributed by atoms with Gasteiger partial charge in [-0.1, -0.05) is 50.2 Å². The highest BCUT2D eigenvalue weighted by Crippen LogP contribution is 2.33. The number of amides is 2. The molecule has 0 bridgehead atoms. The fraction of sp³-hybridized carbons (Fsp3) is 0.212. The largest absolute Gasteiger partial charge is 0.322 e. The maximum Gasteiger partial charge on any atom is 0.255 e. The summed E-state index contributed by atoms with van der Waals surface area (Å²) in [5, 5.41) is 5.98. The first-order valence-electron chi connectivity index (χ1n) is 12.5. The molecule has 0 saturated carbocycles. The third-order valence-electron chi connectivity index (χ3n) is 7.27. The molecule has 4 heteroatoms. The van der Waals surface area contributed by atoms with E-state index in [-0.39, 0.29) is 17.2 Å². The molecule has 4 rings (SSSR count). The van der Waals surface area contributed by atoms with Gasteiger partial charge in [-0.05, 0) is 110 Å². The predicted octanol–water partition coefficient (Wildman–Crippen LogP) is 7.75. The lowest BCUT2D eigenvalue weighted by Crippen LogP contribution is -2.19. The summed E-state index contributed by atoms with van der Waals surface area (Å²) in [4.78, 5) is 25.3. The Kier molecular flexibility index (Phi) is 7.30. The molecule has 188 valence electrons. The molecule has 2 amide bonds. The number of benzene rings is 4. The van der Waals surface area contributed by atoms with Crippen LogP contribution in [-0.2, 0) is 5.41 Å². The molecule has 0 unspecified atom stereocenters. The molecule has 0 aliphatic heterocycles. The number of aryl methyl sites for hydroxylation is 4. The van der Waals surface area contributed by atoms with Crippen LogP contribution >= 0.6 is 0 Å². The summed E-state index contributed by atoms with van der Waals surface area (Å²) < 4.78 is 0. The van der Waals surface area contributed by atoms with Crippen LogP contribution in [0.3, 0.4) is 0 Å². The monoisotopic (exact) mass is 490 g/mol. The Hall–Kier alpha value is -4.18. The summed E-state index contributed by atoms with van der Waals surface area (Å²) in [6, 6.07) is 27.4. The van der Waals surface area contributed by atoms with Crippen molar-refractivity contribution in [1.82, 2.24) is 0 Å². The van der Waals surface area contributed by atoms with Crippen LogP contribution in [0.2, 0.25) is 0 Å². The second-order valence-electron chi connectivity index (χ2n) is 10.3. The zero-order valence-corrected chi connectivity index (χ0v) is 22.4. The first-order valence-corrected chi connectivity index (χ1v) is 12.5. The van der Waals surface area contributed by atoms with Crippen LogP contribution in [0, 0.1) is 27.7 Å². The first kappa shape index (κ1) is 25.9. The van der Waals surface area contributed by atoms with Crippen molar-refractivity contribution in [2.45, 2.75) is 47.0 Å². The van der Waals surface area contributed by atoms with E-state index in [2.05, 4.69) is 24.5 Å². The van der Waals surface area contributed by atoms with E-state index >= 15 is 0 Å². The van der Waals surface area contributed by atoms with Crippen molar-refractivity contribution >= 4 is 23.2 Å². The van der Waals surface area contributed by atoms with Crippen LogP contribution in [-0.4, -0.2) is 11.8 Å². The molecular formula is C33H34N2O2. The summed E-state index contributed by atoms with van der Waals surface area (Å²) in [5.41, 5.74) is 9.34. The van der Waals surface area contributed by atoms with Gasteiger partial charge in [0.05, 0.1) is 0 Å². The number of anilines is 2. The van der Waals surface area contributed by atoms with Crippen molar-refractivity contribution in [1.29, 1.82) is 0 Å². The Balaban J connectivity index is 1.43. The molecular weight excluding hydrogens is 456 g/mol.